The van der Waals surface area contributed by atoms with E-state index in [0.717, 1.165) is 23.2 Å². The normalized spacial score (nSPS) is 13.0. The summed E-state index contributed by atoms with van der Waals surface area (Å²) in [6.07, 6.45) is 2.64. The maximum atomic E-state index is 12.4. The number of thiophene rings is 1. The second-order valence-electron chi connectivity index (χ2n) is 4.96. The molecule has 1 unspecified atom stereocenters. The van der Waals surface area contributed by atoms with Gasteiger partial charge in [0, 0.05) is 29.8 Å². The Morgan fingerprint density at radius 1 is 1.48 bits per heavy atom. The maximum Gasteiger partial charge on any atom is 0.260 e. The van der Waals surface area contributed by atoms with Gasteiger partial charge in [-0.2, -0.15) is 5.10 Å². The predicted octanol–water partition coefficient (Wildman–Crippen LogP) is 3.38. The highest BCUT2D eigenvalue weighted by molar-refractivity contribution is 7.17. The van der Waals surface area contributed by atoms with E-state index in [0.29, 0.717) is 16.0 Å². The zero-order chi connectivity index (χ0) is 15.1. The first-order valence-electron chi connectivity index (χ1n) is 6.67. The summed E-state index contributed by atoms with van der Waals surface area (Å²) in [5.74, 6) is 0.535. The summed E-state index contributed by atoms with van der Waals surface area (Å²) in [5, 5.41) is 6.62. The zero-order valence-electron chi connectivity index (χ0n) is 12.0. The minimum atomic E-state index is -0.271. The van der Waals surface area contributed by atoms with Gasteiger partial charge in [-0.3, -0.25) is 9.48 Å². The Balaban J connectivity index is 2.24. The van der Waals surface area contributed by atoms with E-state index in [2.05, 4.69) is 15.1 Å². The number of aromatic nitrogens is 4. The first-order valence-corrected chi connectivity index (χ1v) is 7.99. The molecule has 0 aliphatic heterocycles. The summed E-state index contributed by atoms with van der Waals surface area (Å²) < 4.78 is 1.75. The topological polar surface area (TPSA) is 63.6 Å². The second-order valence-corrected chi connectivity index (χ2v) is 6.34. The van der Waals surface area contributed by atoms with Gasteiger partial charge < -0.3 is 4.98 Å². The van der Waals surface area contributed by atoms with Crippen LogP contribution in [0.15, 0.2) is 16.4 Å². The Labute approximate surface area is 130 Å². The van der Waals surface area contributed by atoms with Gasteiger partial charge in [0.15, 0.2) is 0 Å². The molecule has 0 radical (unpaired) electrons. The lowest BCUT2D eigenvalue weighted by Crippen LogP contribution is -2.12. The number of fused-ring (bicyclic) bond motifs is 1. The highest BCUT2D eigenvalue weighted by atomic mass is 35.5. The van der Waals surface area contributed by atoms with Gasteiger partial charge in [-0.15, -0.1) is 22.9 Å². The van der Waals surface area contributed by atoms with Crippen LogP contribution in [0.5, 0.6) is 0 Å². The lowest BCUT2D eigenvalue weighted by molar-refractivity contribution is 0.756. The van der Waals surface area contributed by atoms with E-state index >= 15 is 0 Å². The molecule has 21 heavy (non-hydrogen) atoms. The second kappa shape index (κ2) is 5.27. The number of nitrogens with one attached hydrogen (secondary N) is 1. The fourth-order valence-corrected chi connectivity index (χ4v) is 3.42. The fourth-order valence-electron chi connectivity index (χ4n) is 2.37. The van der Waals surface area contributed by atoms with Gasteiger partial charge in [0.25, 0.3) is 5.56 Å². The summed E-state index contributed by atoms with van der Waals surface area (Å²) in [4.78, 5) is 20.4. The van der Waals surface area contributed by atoms with Crippen LogP contribution in [0.2, 0.25) is 0 Å². The molecule has 1 atom stereocenters. The van der Waals surface area contributed by atoms with Crippen molar-refractivity contribution in [1.82, 2.24) is 19.7 Å². The molecule has 3 aromatic rings. The van der Waals surface area contributed by atoms with Crippen LogP contribution >= 0.6 is 22.9 Å². The van der Waals surface area contributed by atoms with Crippen molar-refractivity contribution in [3.8, 4) is 11.1 Å². The molecule has 3 rings (SSSR count). The number of hydrogen-bond acceptors (Lipinski definition) is 4. The van der Waals surface area contributed by atoms with E-state index < -0.39 is 0 Å². The molecule has 0 spiro atoms. The molecule has 3 heterocycles. The van der Waals surface area contributed by atoms with Gasteiger partial charge >= 0.3 is 0 Å². The summed E-state index contributed by atoms with van der Waals surface area (Å²) in [6.45, 7) is 3.89. The third-order valence-corrected chi connectivity index (χ3v) is 4.81. The molecule has 0 saturated carbocycles. The maximum absolute atomic E-state index is 12.4. The van der Waals surface area contributed by atoms with E-state index in [9.17, 15) is 4.79 Å². The van der Waals surface area contributed by atoms with Crippen molar-refractivity contribution < 1.29 is 0 Å². The van der Waals surface area contributed by atoms with Crippen LogP contribution in [-0.2, 0) is 7.05 Å². The van der Waals surface area contributed by atoms with Crippen molar-refractivity contribution in [2.45, 2.75) is 25.6 Å². The summed E-state index contributed by atoms with van der Waals surface area (Å²) in [6, 6.07) is 0. The first kappa shape index (κ1) is 14.3. The van der Waals surface area contributed by atoms with Crippen LogP contribution in [0.3, 0.4) is 0 Å². The van der Waals surface area contributed by atoms with Crippen molar-refractivity contribution in [2.24, 2.45) is 7.05 Å². The van der Waals surface area contributed by atoms with Gasteiger partial charge in [-0.1, -0.05) is 6.92 Å². The molecular weight excluding hydrogens is 308 g/mol. The lowest BCUT2D eigenvalue weighted by atomic mass is 10.1. The molecule has 110 valence electrons. The van der Waals surface area contributed by atoms with Crippen molar-refractivity contribution in [1.29, 1.82) is 0 Å². The Hall–Kier alpha value is -1.66. The minimum absolute atomic E-state index is 0.145. The first-order chi connectivity index (χ1) is 10.0. The molecule has 0 bridgehead atoms. The molecule has 5 nitrogen and oxygen atoms in total. The number of nitrogens with zero attached hydrogens (tertiary/aromatic N) is 3. The molecule has 0 fully saturated rings. The third-order valence-electron chi connectivity index (χ3n) is 3.42. The highest BCUT2D eigenvalue weighted by Gasteiger charge is 2.18. The third kappa shape index (κ3) is 2.38. The van der Waals surface area contributed by atoms with Gasteiger partial charge in [0.05, 0.1) is 16.5 Å². The van der Waals surface area contributed by atoms with Crippen LogP contribution < -0.4 is 5.56 Å². The Morgan fingerprint density at radius 3 is 2.86 bits per heavy atom. The molecule has 3 aromatic heterocycles. The molecule has 7 heteroatoms. The van der Waals surface area contributed by atoms with E-state index in [4.69, 9.17) is 11.6 Å². The summed E-state index contributed by atoms with van der Waals surface area (Å²) >= 11 is 7.63. The van der Waals surface area contributed by atoms with Gasteiger partial charge in [-0.25, -0.2) is 4.98 Å². The highest BCUT2D eigenvalue weighted by Crippen LogP contribution is 2.33. The van der Waals surface area contributed by atoms with E-state index in [1.165, 1.54) is 11.3 Å². The van der Waals surface area contributed by atoms with E-state index in [1.54, 1.807) is 4.68 Å². The molecule has 0 aliphatic carbocycles. The molecule has 0 aromatic carbocycles. The lowest BCUT2D eigenvalue weighted by Gasteiger charge is -2.05. The van der Waals surface area contributed by atoms with Crippen molar-refractivity contribution >= 4 is 33.2 Å². The van der Waals surface area contributed by atoms with Crippen molar-refractivity contribution in [3.63, 3.8) is 0 Å². The van der Waals surface area contributed by atoms with Crippen molar-refractivity contribution in [2.75, 3.05) is 0 Å². The number of aromatic amines is 1. The standard InChI is InChI=1S/C14H15ClN4OS/c1-4-10(15)12-16-13(20)11-9(6-21-14(11)17-12)8-5-19(3)18-7(8)2/h5-6,10H,4H2,1-3H3,(H,16,17,20). The number of halogens is 1. The smallest absolute Gasteiger partial charge is 0.260 e. The quantitative estimate of drug-likeness (QED) is 0.752. The fraction of sp³-hybridized carbons (Fsp3) is 0.357. The molecule has 0 saturated heterocycles. The van der Waals surface area contributed by atoms with Crippen molar-refractivity contribution in [3.05, 3.63) is 33.4 Å². The number of hydrogen-bond donors (Lipinski definition) is 1. The van der Waals surface area contributed by atoms with Gasteiger partial charge in [0.2, 0.25) is 0 Å². The molecule has 0 amide bonds. The van der Waals surface area contributed by atoms with Crippen LogP contribution in [0.4, 0.5) is 0 Å². The van der Waals surface area contributed by atoms with E-state index in [1.807, 2.05) is 32.5 Å². The monoisotopic (exact) mass is 322 g/mol. The summed E-state index contributed by atoms with van der Waals surface area (Å²) in [7, 11) is 1.87. The predicted molar refractivity (Wildman–Crippen MR) is 86.1 cm³/mol. The Kier molecular flexibility index (Phi) is 3.59. The molecule has 1 N–H and O–H groups in total. The number of H-pyrrole nitrogens is 1. The SMILES string of the molecule is CCC(Cl)c1nc2scc(-c3cn(C)nc3C)c2c(=O)[nH]1. The minimum Gasteiger partial charge on any atom is -0.309 e. The Bertz CT molecular complexity index is 864. The molecular formula is C14H15ClN4OS. The van der Waals surface area contributed by atoms with E-state index in [-0.39, 0.29) is 10.9 Å². The van der Waals surface area contributed by atoms with Gasteiger partial charge in [0.1, 0.15) is 10.7 Å². The largest absolute Gasteiger partial charge is 0.309 e. The summed E-state index contributed by atoms with van der Waals surface area (Å²) in [5.41, 5.74) is 2.59. The average Bonchev–Trinajstić information content (AvgIpc) is 3.01. The van der Waals surface area contributed by atoms with Crippen LogP contribution in [-0.4, -0.2) is 19.7 Å². The number of rotatable bonds is 3. The number of aryl methyl sites for hydroxylation is 2. The zero-order valence-corrected chi connectivity index (χ0v) is 13.5. The van der Waals surface area contributed by atoms with Crippen LogP contribution in [0, 0.1) is 6.92 Å². The van der Waals surface area contributed by atoms with Gasteiger partial charge in [-0.05, 0) is 13.3 Å². The average molecular weight is 323 g/mol. The van der Waals surface area contributed by atoms with Crippen LogP contribution in [0.1, 0.15) is 30.2 Å². The molecule has 0 aliphatic rings. The van der Waals surface area contributed by atoms with Crippen LogP contribution in [0.25, 0.3) is 21.3 Å². The number of alkyl halides is 1. The Morgan fingerprint density at radius 2 is 2.24 bits per heavy atom.